The number of ether oxygens (including phenoxy) is 1. The zero-order valence-corrected chi connectivity index (χ0v) is 10.8. The molecule has 19 heavy (non-hydrogen) atoms. The molecule has 1 heterocycles. The van der Waals surface area contributed by atoms with Gasteiger partial charge in [-0.2, -0.15) is 0 Å². The summed E-state index contributed by atoms with van der Waals surface area (Å²) < 4.78 is 18.1. The highest BCUT2D eigenvalue weighted by molar-refractivity contribution is 5.77. The molecule has 0 aliphatic carbocycles. The van der Waals surface area contributed by atoms with Gasteiger partial charge in [0.25, 0.3) is 0 Å². The molecule has 5 heteroatoms. The van der Waals surface area contributed by atoms with Crippen LogP contribution in [0.4, 0.5) is 4.39 Å². The highest BCUT2D eigenvalue weighted by Crippen LogP contribution is 2.10. The fourth-order valence-electron chi connectivity index (χ4n) is 2.02. The van der Waals surface area contributed by atoms with Crippen LogP contribution < -0.4 is 10.6 Å². The number of halogens is 1. The van der Waals surface area contributed by atoms with Crippen molar-refractivity contribution in [3.8, 4) is 0 Å². The summed E-state index contributed by atoms with van der Waals surface area (Å²) in [5.41, 5.74) is 0.883. The largest absolute Gasteiger partial charge is 0.377 e. The van der Waals surface area contributed by atoms with Crippen LogP contribution in [0.15, 0.2) is 24.3 Å². The molecule has 2 N–H and O–H groups in total. The van der Waals surface area contributed by atoms with Crippen LogP contribution in [0, 0.1) is 5.82 Å². The molecule has 0 unspecified atom stereocenters. The van der Waals surface area contributed by atoms with E-state index in [2.05, 4.69) is 10.6 Å². The van der Waals surface area contributed by atoms with E-state index in [9.17, 15) is 9.18 Å². The zero-order chi connectivity index (χ0) is 13.5. The normalized spacial score (nSPS) is 18.5. The number of nitrogens with one attached hydrogen (secondary N) is 2. The van der Waals surface area contributed by atoms with Gasteiger partial charge < -0.3 is 15.4 Å². The summed E-state index contributed by atoms with van der Waals surface area (Å²) in [6, 6.07) is 6.10. The quantitative estimate of drug-likeness (QED) is 0.813. The first-order valence-corrected chi connectivity index (χ1v) is 6.57. The van der Waals surface area contributed by atoms with Crippen LogP contribution in [-0.2, 0) is 16.1 Å². The Balaban J connectivity index is 1.60. The second-order valence-electron chi connectivity index (χ2n) is 4.67. The highest BCUT2D eigenvalue weighted by Gasteiger charge is 2.14. The molecule has 0 saturated carbocycles. The molecule has 0 spiro atoms. The van der Waals surface area contributed by atoms with Crippen molar-refractivity contribution in [2.75, 3.05) is 19.7 Å². The standard InChI is InChI=1S/C14H19FN2O2/c15-12-5-3-11(4-6-12)8-17-14(18)10-16-9-13-2-1-7-19-13/h3-6,13,16H,1-2,7-10H2,(H,17,18)/t13-/m0/s1. The van der Waals surface area contributed by atoms with Crippen molar-refractivity contribution in [2.45, 2.75) is 25.5 Å². The van der Waals surface area contributed by atoms with Crippen molar-refractivity contribution in [2.24, 2.45) is 0 Å². The van der Waals surface area contributed by atoms with Crippen LogP contribution in [0.1, 0.15) is 18.4 Å². The van der Waals surface area contributed by atoms with Gasteiger partial charge in [-0.25, -0.2) is 4.39 Å². The summed E-state index contributed by atoms with van der Waals surface area (Å²) >= 11 is 0. The number of benzene rings is 1. The fraction of sp³-hybridized carbons (Fsp3) is 0.500. The Labute approximate surface area is 112 Å². The van der Waals surface area contributed by atoms with Crippen molar-refractivity contribution in [1.82, 2.24) is 10.6 Å². The molecular formula is C14H19FN2O2. The van der Waals surface area contributed by atoms with Gasteiger partial charge in [0.15, 0.2) is 0 Å². The Bertz CT molecular complexity index is 402. The molecule has 1 aromatic rings. The second kappa shape index (κ2) is 7.21. The third-order valence-electron chi connectivity index (χ3n) is 3.08. The molecule has 1 amide bonds. The molecule has 1 aliphatic rings. The maximum atomic E-state index is 12.7. The lowest BCUT2D eigenvalue weighted by Gasteiger charge is -2.10. The molecule has 104 valence electrons. The molecule has 1 saturated heterocycles. The van der Waals surface area contributed by atoms with Gasteiger partial charge >= 0.3 is 0 Å². The molecule has 0 aromatic heterocycles. The lowest BCUT2D eigenvalue weighted by molar-refractivity contribution is -0.120. The SMILES string of the molecule is O=C(CNC[C@@H]1CCCO1)NCc1ccc(F)cc1. The van der Waals surface area contributed by atoms with Crippen molar-refractivity contribution in [1.29, 1.82) is 0 Å². The van der Waals surface area contributed by atoms with Gasteiger partial charge in [0.2, 0.25) is 5.91 Å². The van der Waals surface area contributed by atoms with Crippen LogP contribution >= 0.6 is 0 Å². The summed E-state index contributed by atoms with van der Waals surface area (Å²) in [7, 11) is 0. The summed E-state index contributed by atoms with van der Waals surface area (Å²) in [5.74, 6) is -0.337. The van der Waals surface area contributed by atoms with E-state index in [0.29, 0.717) is 13.1 Å². The lowest BCUT2D eigenvalue weighted by atomic mass is 10.2. The lowest BCUT2D eigenvalue weighted by Crippen LogP contribution is -2.36. The summed E-state index contributed by atoms with van der Waals surface area (Å²) in [6.07, 6.45) is 2.40. The Morgan fingerprint density at radius 3 is 2.84 bits per heavy atom. The van der Waals surface area contributed by atoms with Crippen LogP contribution in [0.25, 0.3) is 0 Å². The number of hydrogen-bond acceptors (Lipinski definition) is 3. The molecule has 4 nitrogen and oxygen atoms in total. The topological polar surface area (TPSA) is 50.4 Å². The molecule has 0 radical (unpaired) electrons. The average Bonchev–Trinajstić information content (AvgIpc) is 2.91. The van der Waals surface area contributed by atoms with Crippen LogP contribution in [-0.4, -0.2) is 31.7 Å². The fourth-order valence-corrected chi connectivity index (χ4v) is 2.02. The Hall–Kier alpha value is -1.46. The minimum absolute atomic E-state index is 0.0673. The first-order valence-electron chi connectivity index (χ1n) is 6.57. The smallest absolute Gasteiger partial charge is 0.234 e. The van der Waals surface area contributed by atoms with Gasteiger partial charge in [-0.15, -0.1) is 0 Å². The molecular weight excluding hydrogens is 247 g/mol. The maximum absolute atomic E-state index is 12.7. The summed E-state index contributed by atoms with van der Waals surface area (Å²) in [4.78, 5) is 11.6. The molecule has 0 bridgehead atoms. The average molecular weight is 266 g/mol. The third kappa shape index (κ3) is 4.96. The predicted octanol–water partition coefficient (Wildman–Crippen LogP) is 1.21. The van der Waals surface area contributed by atoms with Gasteiger partial charge in [-0.3, -0.25) is 4.79 Å². The number of carbonyl (C=O) groups excluding carboxylic acids is 1. The number of rotatable bonds is 6. The van der Waals surface area contributed by atoms with Gasteiger partial charge in [0, 0.05) is 19.7 Å². The number of carbonyl (C=O) groups is 1. The summed E-state index contributed by atoms with van der Waals surface area (Å²) in [5, 5.41) is 5.85. The molecule has 1 fully saturated rings. The number of amides is 1. The van der Waals surface area contributed by atoms with Gasteiger partial charge in [-0.05, 0) is 30.5 Å². The van der Waals surface area contributed by atoms with Crippen LogP contribution in [0.3, 0.4) is 0 Å². The Morgan fingerprint density at radius 2 is 2.16 bits per heavy atom. The van der Waals surface area contributed by atoms with Crippen LogP contribution in [0.2, 0.25) is 0 Å². The predicted molar refractivity (Wildman–Crippen MR) is 70.1 cm³/mol. The van der Waals surface area contributed by atoms with E-state index in [1.807, 2.05) is 0 Å². The van der Waals surface area contributed by atoms with Gasteiger partial charge in [0.1, 0.15) is 5.82 Å². The van der Waals surface area contributed by atoms with E-state index in [0.717, 1.165) is 25.0 Å². The van der Waals surface area contributed by atoms with E-state index in [1.165, 1.54) is 12.1 Å². The van der Waals surface area contributed by atoms with Crippen LogP contribution in [0.5, 0.6) is 0 Å². The van der Waals surface area contributed by atoms with Crippen molar-refractivity contribution in [3.05, 3.63) is 35.6 Å². The first kappa shape index (κ1) is 14.0. The van der Waals surface area contributed by atoms with E-state index in [1.54, 1.807) is 12.1 Å². The Morgan fingerprint density at radius 1 is 1.37 bits per heavy atom. The summed E-state index contributed by atoms with van der Waals surface area (Å²) in [6.45, 7) is 2.23. The Kier molecular flexibility index (Phi) is 5.30. The molecule has 1 atom stereocenters. The minimum Gasteiger partial charge on any atom is -0.377 e. The number of hydrogen-bond donors (Lipinski definition) is 2. The van der Waals surface area contributed by atoms with Crippen molar-refractivity contribution in [3.63, 3.8) is 0 Å². The maximum Gasteiger partial charge on any atom is 0.234 e. The second-order valence-corrected chi connectivity index (χ2v) is 4.67. The minimum atomic E-state index is -0.270. The monoisotopic (exact) mass is 266 g/mol. The van der Waals surface area contributed by atoms with Gasteiger partial charge in [0.05, 0.1) is 12.6 Å². The van der Waals surface area contributed by atoms with E-state index in [4.69, 9.17) is 4.74 Å². The third-order valence-corrected chi connectivity index (χ3v) is 3.08. The van der Waals surface area contributed by atoms with E-state index in [-0.39, 0.29) is 24.4 Å². The van der Waals surface area contributed by atoms with E-state index >= 15 is 0 Å². The first-order chi connectivity index (χ1) is 9.24. The van der Waals surface area contributed by atoms with Crippen molar-refractivity contribution < 1.29 is 13.9 Å². The van der Waals surface area contributed by atoms with Gasteiger partial charge in [-0.1, -0.05) is 12.1 Å². The zero-order valence-electron chi connectivity index (χ0n) is 10.8. The molecule has 1 aliphatic heterocycles. The molecule has 2 rings (SSSR count). The van der Waals surface area contributed by atoms with E-state index < -0.39 is 0 Å². The highest BCUT2D eigenvalue weighted by atomic mass is 19.1. The molecule has 1 aromatic carbocycles. The van der Waals surface area contributed by atoms with Crippen molar-refractivity contribution >= 4 is 5.91 Å².